The molecule has 1 aliphatic carbocycles. The van der Waals surface area contributed by atoms with Gasteiger partial charge < -0.3 is 5.32 Å². The van der Waals surface area contributed by atoms with Gasteiger partial charge in [0.15, 0.2) is 17.5 Å². The fraction of sp³-hybridized carbons (Fsp3) is 0.500. The summed E-state index contributed by atoms with van der Waals surface area (Å²) in [4.78, 5) is 0. The number of hydrogen-bond donors (Lipinski definition) is 1. The van der Waals surface area contributed by atoms with Crippen molar-refractivity contribution in [2.24, 2.45) is 5.92 Å². The Labute approximate surface area is 92.7 Å². The lowest BCUT2D eigenvalue weighted by Gasteiger charge is -2.14. The van der Waals surface area contributed by atoms with Crippen LogP contribution < -0.4 is 5.32 Å². The average molecular weight is 229 g/mol. The fourth-order valence-corrected chi connectivity index (χ4v) is 1.80. The van der Waals surface area contributed by atoms with Gasteiger partial charge in [-0.05, 0) is 37.0 Å². The molecule has 2 rings (SSSR count). The third-order valence-electron chi connectivity index (χ3n) is 3.08. The first-order valence-corrected chi connectivity index (χ1v) is 5.39. The van der Waals surface area contributed by atoms with Crippen molar-refractivity contribution >= 4 is 0 Å². The van der Waals surface area contributed by atoms with Gasteiger partial charge in [-0.15, -0.1) is 0 Å². The van der Waals surface area contributed by atoms with Crippen LogP contribution in [0.3, 0.4) is 0 Å². The van der Waals surface area contributed by atoms with Crippen LogP contribution in [0.25, 0.3) is 0 Å². The molecule has 16 heavy (non-hydrogen) atoms. The van der Waals surface area contributed by atoms with E-state index in [0.29, 0.717) is 17.5 Å². The maximum absolute atomic E-state index is 13.0. The molecule has 88 valence electrons. The highest BCUT2D eigenvalue weighted by Gasteiger charge is 2.33. The SMILES string of the molecule is CC(NC1CC1C)c1cc(F)c(F)c(F)c1. The predicted molar refractivity (Wildman–Crippen MR) is 55.4 cm³/mol. The van der Waals surface area contributed by atoms with E-state index in [9.17, 15) is 13.2 Å². The zero-order valence-corrected chi connectivity index (χ0v) is 9.23. The lowest BCUT2D eigenvalue weighted by atomic mass is 10.1. The first-order chi connectivity index (χ1) is 7.49. The van der Waals surface area contributed by atoms with Gasteiger partial charge in [-0.1, -0.05) is 6.92 Å². The van der Waals surface area contributed by atoms with Gasteiger partial charge in [0.25, 0.3) is 0 Å². The van der Waals surface area contributed by atoms with Crippen LogP contribution in [0, 0.1) is 23.4 Å². The van der Waals surface area contributed by atoms with Gasteiger partial charge in [0.05, 0.1) is 0 Å². The third kappa shape index (κ3) is 2.21. The van der Waals surface area contributed by atoms with Crippen LogP contribution in [0.15, 0.2) is 12.1 Å². The molecule has 4 heteroatoms. The van der Waals surface area contributed by atoms with Gasteiger partial charge in [-0.3, -0.25) is 0 Å². The van der Waals surface area contributed by atoms with Crippen molar-refractivity contribution < 1.29 is 13.2 Å². The number of rotatable bonds is 3. The van der Waals surface area contributed by atoms with Gasteiger partial charge in [0, 0.05) is 12.1 Å². The number of nitrogens with one attached hydrogen (secondary N) is 1. The largest absolute Gasteiger partial charge is 0.307 e. The van der Waals surface area contributed by atoms with Crippen LogP contribution in [0.5, 0.6) is 0 Å². The first kappa shape index (κ1) is 11.5. The Morgan fingerprint density at radius 3 is 2.19 bits per heavy atom. The summed E-state index contributed by atoms with van der Waals surface area (Å²) in [6.45, 7) is 3.92. The van der Waals surface area contributed by atoms with E-state index in [1.165, 1.54) is 0 Å². The fourth-order valence-electron chi connectivity index (χ4n) is 1.80. The quantitative estimate of drug-likeness (QED) is 0.785. The van der Waals surface area contributed by atoms with Crippen LogP contribution in [0.4, 0.5) is 13.2 Å². The second kappa shape index (κ2) is 4.09. The molecule has 0 amide bonds. The summed E-state index contributed by atoms with van der Waals surface area (Å²) in [5.74, 6) is -3.06. The maximum atomic E-state index is 13.0. The monoisotopic (exact) mass is 229 g/mol. The minimum Gasteiger partial charge on any atom is -0.307 e. The Morgan fingerprint density at radius 1 is 1.25 bits per heavy atom. The molecule has 1 aromatic carbocycles. The van der Waals surface area contributed by atoms with Gasteiger partial charge in [-0.25, -0.2) is 13.2 Å². The highest BCUT2D eigenvalue weighted by Crippen LogP contribution is 2.32. The molecule has 1 saturated carbocycles. The van der Waals surface area contributed by atoms with E-state index in [-0.39, 0.29) is 6.04 Å². The molecule has 3 unspecified atom stereocenters. The van der Waals surface area contributed by atoms with E-state index < -0.39 is 17.5 Å². The number of benzene rings is 1. The van der Waals surface area contributed by atoms with Crippen LogP contribution in [-0.4, -0.2) is 6.04 Å². The van der Waals surface area contributed by atoms with E-state index in [0.717, 1.165) is 18.6 Å². The molecule has 1 aliphatic rings. The third-order valence-corrected chi connectivity index (χ3v) is 3.08. The average Bonchev–Trinajstić information content (AvgIpc) is 2.90. The van der Waals surface area contributed by atoms with E-state index in [2.05, 4.69) is 12.2 Å². The van der Waals surface area contributed by atoms with E-state index in [4.69, 9.17) is 0 Å². The molecule has 1 fully saturated rings. The van der Waals surface area contributed by atoms with Crippen molar-refractivity contribution in [3.8, 4) is 0 Å². The zero-order chi connectivity index (χ0) is 11.9. The summed E-state index contributed by atoms with van der Waals surface area (Å²) >= 11 is 0. The van der Waals surface area contributed by atoms with E-state index >= 15 is 0 Å². The Bertz CT molecular complexity index is 382. The maximum Gasteiger partial charge on any atom is 0.194 e. The molecule has 0 bridgehead atoms. The minimum absolute atomic E-state index is 0.167. The van der Waals surface area contributed by atoms with Gasteiger partial charge >= 0.3 is 0 Å². The standard InChI is InChI=1S/C12H14F3N/c1-6-3-11(6)16-7(2)8-4-9(13)12(15)10(14)5-8/h4-7,11,16H,3H2,1-2H3. The molecule has 0 spiro atoms. The molecule has 0 aliphatic heterocycles. The van der Waals surface area contributed by atoms with Gasteiger partial charge in [0.2, 0.25) is 0 Å². The van der Waals surface area contributed by atoms with Crippen LogP contribution in [0.1, 0.15) is 31.9 Å². The van der Waals surface area contributed by atoms with Crippen molar-refractivity contribution in [1.29, 1.82) is 0 Å². The second-order valence-electron chi connectivity index (χ2n) is 4.51. The van der Waals surface area contributed by atoms with Crippen molar-refractivity contribution in [3.05, 3.63) is 35.1 Å². The Balaban J connectivity index is 2.13. The summed E-state index contributed by atoms with van der Waals surface area (Å²) in [5, 5.41) is 3.24. The molecular formula is C12H14F3N. The summed E-state index contributed by atoms with van der Waals surface area (Å²) < 4.78 is 38.7. The zero-order valence-electron chi connectivity index (χ0n) is 9.23. The van der Waals surface area contributed by atoms with Crippen LogP contribution in [0.2, 0.25) is 0 Å². The summed E-state index contributed by atoms with van der Waals surface area (Å²) in [6.07, 6.45) is 1.08. The highest BCUT2D eigenvalue weighted by atomic mass is 19.2. The first-order valence-electron chi connectivity index (χ1n) is 5.39. The molecule has 0 heterocycles. The Hall–Kier alpha value is -1.03. The summed E-state index contributed by atoms with van der Waals surface area (Å²) in [6, 6.07) is 2.33. The molecule has 0 radical (unpaired) electrons. The molecule has 3 atom stereocenters. The van der Waals surface area contributed by atoms with E-state index in [1.807, 2.05) is 6.92 Å². The molecule has 1 aromatic rings. The van der Waals surface area contributed by atoms with Crippen molar-refractivity contribution in [2.45, 2.75) is 32.4 Å². The predicted octanol–water partition coefficient (Wildman–Crippen LogP) is 3.16. The van der Waals surface area contributed by atoms with Crippen molar-refractivity contribution in [1.82, 2.24) is 5.32 Å². The topological polar surface area (TPSA) is 12.0 Å². The normalized spacial score (nSPS) is 25.6. The summed E-state index contributed by atoms with van der Waals surface area (Å²) in [5.41, 5.74) is 0.440. The molecule has 1 nitrogen and oxygen atoms in total. The van der Waals surface area contributed by atoms with Crippen molar-refractivity contribution in [3.63, 3.8) is 0 Å². The Morgan fingerprint density at radius 2 is 1.75 bits per heavy atom. The molecule has 1 N–H and O–H groups in total. The number of hydrogen-bond acceptors (Lipinski definition) is 1. The van der Waals surface area contributed by atoms with Gasteiger partial charge in [0.1, 0.15) is 0 Å². The minimum atomic E-state index is -1.41. The van der Waals surface area contributed by atoms with Crippen molar-refractivity contribution in [2.75, 3.05) is 0 Å². The lowest BCUT2D eigenvalue weighted by molar-refractivity contribution is 0.440. The molecular weight excluding hydrogens is 215 g/mol. The van der Waals surface area contributed by atoms with Crippen LogP contribution in [-0.2, 0) is 0 Å². The smallest absolute Gasteiger partial charge is 0.194 e. The summed E-state index contributed by atoms with van der Waals surface area (Å²) in [7, 11) is 0. The molecule has 0 aromatic heterocycles. The van der Waals surface area contributed by atoms with Crippen LogP contribution >= 0.6 is 0 Å². The number of halogens is 3. The second-order valence-corrected chi connectivity index (χ2v) is 4.51. The van der Waals surface area contributed by atoms with Gasteiger partial charge in [-0.2, -0.15) is 0 Å². The molecule has 0 saturated heterocycles. The Kier molecular flexibility index (Phi) is 2.93. The lowest BCUT2D eigenvalue weighted by Crippen LogP contribution is -2.22. The van der Waals surface area contributed by atoms with E-state index in [1.54, 1.807) is 0 Å². The highest BCUT2D eigenvalue weighted by molar-refractivity contribution is 5.22.